The summed E-state index contributed by atoms with van der Waals surface area (Å²) in [6.07, 6.45) is -0.896. The first-order valence-electron chi connectivity index (χ1n) is 12.7. The van der Waals surface area contributed by atoms with Gasteiger partial charge < -0.3 is 19.7 Å². The standard InChI is InChI=1S/C30H31NO6S/c1-19-26(18-38-15-14-32)36-30(37-27(19)22-10-8-21(17-33)9-11-22)23-12-6-20(7-13-23)16-31-28(34)24-4-2-3-5-25(24)29(31)35/h2-13,19,26-27,30,32-33H,14-18H2,1H3. The maximum atomic E-state index is 12.7. The van der Waals surface area contributed by atoms with Gasteiger partial charge in [-0.15, -0.1) is 0 Å². The topological polar surface area (TPSA) is 96.3 Å². The molecule has 2 heterocycles. The molecule has 3 aromatic carbocycles. The van der Waals surface area contributed by atoms with Crippen LogP contribution >= 0.6 is 11.8 Å². The van der Waals surface area contributed by atoms with Crippen molar-refractivity contribution in [1.82, 2.24) is 4.90 Å². The molecule has 1 saturated heterocycles. The molecule has 5 rings (SSSR count). The number of carbonyl (C=O) groups excluding carboxylic acids is 2. The molecule has 38 heavy (non-hydrogen) atoms. The van der Waals surface area contributed by atoms with Gasteiger partial charge in [0.05, 0.1) is 43.1 Å². The lowest BCUT2D eigenvalue weighted by Gasteiger charge is -2.41. The smallest absolute Gasteiger partial charge is 0.261 e. The van der Waals surface area contributed by atoms with E-state index in [1.54, 1.807) is 36.0 Å². The number of fused-ring (bicyclic) bond motifs is 1. The third kappa shape index (κ3) is 5.41. The van der Waals surface area contributed by atoms with Crippen molar-refractivity contribution in [1.29, 1.82) is 0 Å². The quantitative estimate of drug-likeness (QED) is 0.309. The van der Waals surface area contributed by atoms with Crippen molar-refractivity contribution in [3.05, 3.63) is 106 Å². The summed E-state index contributed by atoms with van der Waals surface area (Å²) < 4.78 is 12.9. The highest BCUT2D eigenvalue weighted by Crippen LogP contribution is 2.42. The van der Waals surface area contributed by atoms with E-state index < -0.39 is 6.29 Å². The number of ether oxygens (including phenoxy) is 2. The largest absolute Gasteiger partial charge is 0.396 e. The average Bonchev–Trinajstić information content (AvgIpc) is 3.19. The van der Waals surface area contributed by atoms with Crippen LogP contribution in [0.25, 0.3) is 0 Å². The highest BCUT2D eigenvalue weighted by molar-refractivity contribution is 7.99. The summed E-state index contributed by atoms with van der Waals surface area (Å²) >= 11 is 1.65. The highest BCUT2D eigenvalue weighted by Gasteiger charge is 2.38. The van der Waals surface area contributed by atoms with Crippen molar-refractivity contribution < 1.29 is 29.3 Å². The van der Waals surface area contributed by atoms with E-state index in [4.69, 9.17) is 9.47 Å². The van der Waals surface area contributed by atoms with Gasteiger partial charge in [0.15, 0.2) is 6.29 Å². The number of imide groups is 1. The van der Waals surface area contributed by atoms with E-state index in [0.29, 0.717) is 16.9 Å². The lowest BCUT2D eigenvalue weighted by molar-refractivity contribution is -0.268. The molecule has 1 fully saturated rings. The van der Waals surface area contributed by atoms with Gasteiger partial charge in [0.25, 0.3) is 11.8 Å². The Kier molecular flexibility index (Phi) is 8.26. The van der Waals surface area contributed by atoms with Gasteiger partial charge in [0.1, 0.15) is 0 Å². The van der Waals surface area contributed by atoms with Crippen LogP contribution in [-0.2, 0) is 22.6 Å². The normalized spacial score (nSPS) is 23.1. The first-order valence-corrected chi connectivity index (χ1v) is 13.9. The average molecular weight is 534 g/mol. The monoisotopic (exact) mass is 533 g/mol. The minimum Gasteiger partial charge on any atom is -0.396 e. The zero-order chi connectivity index (χ0) is 26.6. The predicted octanol–water partition coefficient (Wildman–Crippen LogP) is 4.49. The molecule has 0 radical (unpaired) electrons. The van der Waals surface area contributed by atoms with Crippen LogP contribution < -0.4 is 0 Å². The van der Waals surface area contributed by atoms with Crippen LogP contribution in [0.2, 0.25) is 0 Å². The minimum atomic E-state index is -0.596. The highest BCUT2D eigenvalue weighted by atomic mass is 32.2. The number of aliphatic hydroxyl groups is 2. The molecule has 3 aromatic rings. The first kappa shape index (κ1) is 26.6. The van der Waals surface area contributed by atoms with Gasteiger partial charge in [0, 0.05) is 23.0 Å². The van der Waals surface area contributed by atoms with Gasteiger partial charge in [-0.25, -0.2) is 0 Å². The zero-order valence-corrected chi connectivity index (χ0v) is 22.0. The maximum Gasteiger partial charge on any atom is 0.261 e. The van der Waals surface area contributed by atoms with Crippen LogP contribution in [-0.4, -0.2) is 51.1 Å². The number of nitrogens with zero attached hydrogens (tertiary/aromatic N) is 1. The second kappa shape index (κ2) is 11.8. The Morgan fingerprint density at radius 2 is 1.42 bits per heavy atom. The molecule has 2 N–H and O–H groups in total. The molecule has 0 aromatic heterocycles. The summed E-state index contributed by atoms with van der Waals surface area (Å²) in [6, 6.07) is 22.3. The molecular weight excluding hydrogens is 502 g/mol. The Balaban J connectivity index is 1.33. The van der Waals surface area contributed by atoms with E-state index in [-0.39, 0.29) is 49.7 Å². The lowest BCUT2D eigenvalue weighted by atomic mass is 9.91. The van der Waals surface area contributed by atoms with Gasteiger partial charge in [0.2, 0.25) is 0 Å². The number of benzene rings is 3. The zero-order valence-electron chi connectivity index (χ0n) is 21.2. The molecule has 4 atom stereocenters. The number of amides is 2. The molecule has 0 spiro atoms. The van der Waals surface area contributed by atoms with Crippen molar-refractivity contribution in [2.45, 2.75) is 38.6 Å². The van der Waals surface area contributed by atoms with Gasteiger partial charge >= 0.3 is 0 Å². The van der Waals surface area contributed by atoms with Crippen LogP contribution in [0.3, 0.4) is 0 Å². The van der Waals surface area contributed by atoms with Crippen molar-refractivity contribution >= 4 is 23.6 Å². The fourth-order valence-electron chi connectivity index (χ4n) is 4.92. The summed E-state index contributed by atoms with van der Waals surface area (Å²) in [6.45, 7) is 2.40. The summed E-state index contributed by atoms with van der Waals surface area (Å²) in [5.41, 5.74) is 4.41. The molecule has 2 aliphatic rings. The van der Waals surface area contributed by atoms with Crippen molar-refractivity contribution in [3.8, 4) is 0 Å². The Bertz CT molecular complexity index is 1240. The van der Waals surface area contributed by atoms with E-state index >= 15 is 0 Å². The number of thioether (sulfide) groups is 1. The summed E-state index contributed by atoms with van der Waals surface area (Å²) in [5, 5.41) is 18.6. The summed E-state index contributed by atoms with van der Waals surface area (Å²) in [5.74, 6) is 0.887. The van der Waals surface area contributed by atoms with Crippen LogP contribution in [0.1, 0.15) is 62.3 Å². The molecule has 4 unspecified atom stereocenters. The van der Waals surface area contributed by atoms with Crippen LogP contribution in [0, 0.1) is 5.92 Å². The van der Waals surface area contributed by atoms with Crippen molar-refractivity contribution in [2.75, 3.05) is 18.1 Å². The van der Waals surface area contributed by atoms with Crippen LogP contribution in [0.4, 0.5) is 0 Å². The summed E-state index contributed by atoms with van der Waals surface area (Å²) in [4.78, 5) is 26.8. The van der Waals surface area contributed by atoms with E-state index in [1.807, 2.05) is 48.5 Å². The Hall–Kier alpha value is -3.01. The molecule has 8 heteroatoms. The number of rotatable bonds is 9. The van der Waals surface area contributed by atoms with Gasteiger partial charge in [-0.05, 0) is 28.8 Å². The molecule has 7 nitrogen and oxygen atoms in total. The number of aliphatic hydroxyl groups excluding tert-OH is 2. The maximum absolute atomic E-state index is 12.7. The fourth-order valence-corrected chi connectivity index (χ4v) is 5.83. The van der Waals surface area contributed by atoms with E-state index in [9.17, 15) is 19.8 Å². The Morgan fingerprint density at radius 3 is 2.03 bits per heavy atom. The molecule has 0 aliphatic carbocycles. The Labute approximate surface area is 226 Å². The van der Waals surface area contributed by atoms with E-state index in [2.05, 4.69) is 6.92 Å². The third-order valence-electron chi connectivity index (χ3n) is 7.11. The molecule has 0 saturated carbocycles. The number of hydrogen-bond acceptors (Lipinski definition) is 7. The third-order valence-corrected chi connectivity index (χ3v) is 8.15. The SMILES string of the molecule is CC1C(CSCCO)OC(c2ccc(CN3C(=O)c4ccccc4C3=O)cc2)OC1c1ccc(CO)cc1. The van der Waals surface area contributed by atoms with Crippen molar-refractivity contribution in [2.24, 2.45) is 5.92 Å². The molecule has 2 aliphatic heterocycles. The van der Waals surface area contributed by atoms with E-state index in [0.717, 1.165) is 28.0 Å². The van der Waals surface area contributed by atoms with Gasteiger partial charge in [-0.2, -0.15) is 11.8 Å². The Morgan fingerprint density at radius 1 is 0.816 bits per heavy atom. The van der Waals surface area contributed by atoms with Gasteiger partial charge in [-0.1, -0.05) is 67.6 Å². The number of hydrogen-bond donors (Lipinski definition) is 2. The van der Waals surface area contributed by atoms with E-state index in [1.165, 1.54) is 4.90 Å². The summed E-state index contributed by atoms with van der Waals surface area (Å²) in [7, 11) is 0. The molecule has 0 bridgehead atoms. The van der Waals surface area contributed by atoms with Crippen LogP contribution in [0.5, 0.6) is 0 Å². The predicted molar refractivity (Wildman–Crippen MR) is 144 cm³/mol. The molecule has 2 amide bonds. The molecular formula is C30H31NO6S. The van der Waals surface area contributed by atoms with Crippen molar-refractivity contribution in [3.63, 3.8) is 0 Å². The molecule has 198 valence electrons. The fraction of sp³-hybridized carbons (Fsp3) is 0.333. The second-order valence-electron chi connectivity index (χ2n) is 9.60. The van der Waals surface area contributed by atoms with Crippen LogP contribution in [0.15, 0.2) is 72.8 Å². The van der Waals surface area contributed by atoms with Gasteiger partial charge in [-0.3, -0.25) is 14.5 Å². The minimum absolute atomic E-state index is 0.0133. The first-order chi connectivity index (χ1) is 18.5. The number of carbonyl (C=O) groups is 2. The lowest BCUT2D eigenvalue weighted by Crippen LogP contribution is -2.38. The second-order valence-corrected chi connectivity index (χ2v) is 10.8.